The van der Waals surface area contributed by atoms with Gasteiger partial charge < -0.3 is 10.6 Å². The molecule has 0 aliphatic carbocycles. The average Bonchev–Trinajstić information content (AvgIpc) is 2.81. The van der Waals surface area contributed by atoms with E-state index in [0.717, 1.165) is 34.9 Å². The molecule has 0 aliphatic heterocycles. The first kappa shape index (κ1) is 17.5. The van der Waals surface area contributed by atoms with Crippen LogP contribution < -0.4 is 5.73 Å². The number of halogens is 1. The van der Waals surface area contributed by atoms with Crippen molar-refractivity contribution in [2.45, 2.75) is 45.6 Å². The Hall–Kier alpha value is -0.580. The molecule has 1 heterocycles. The van der Waals surface area contributed by atoms with Crippen LogP contribution in [-0.2, 0) is 11.3 Å². The van der Waals surface area contributed by atoms with Crippen LogP contribution in [0.5, 0.6) is 0 Å². The third-order valence-corrected chi connectivity index (χ3v) is 4.70. The lowest BCUT2D eigenvalue weighted by Crippen LogP contribution is -2.26. The Kier molecular flexibility index (Phi) is 8.19. The van der Waals surface area contributed by atoms with E-state index in [-0.39, 0.29) is 5.91 Å². The predicted molar refractivity (Wildman–Crippen MR) is 87.1 cm³/mol. The molecule has 0 aliphatic rings. The van der Waals surface area contributed by atoms with E-state index in [2.05, 4.69) is 6.92 Å². The summed E-state index contributed by atoms with van der Waals surface area (Å²) in [5, 5.41) is 0. The Morgan fingerprint density at radius 3 is 2.70 bits per heavy atom. The van der Waals surface area contributed by atoms with Gasteiger partial charge in [-0.2, -0.15) is 0 Å². The minimum atomic E-state index is 0.202. The van der Waals surface area contributed by atoms with Crippen molar-refractivity contribution in [2.24, 2.45) is 11.7 Å². The van der Waals surface area contributed by atoms with E-state index in [9.17, 15) is 4.79 Å². The zero-order chi connectivity index (χ0) is 15.0. The van der Waals surface area contributed by atoms with Gasteiger partial charge in [-0.1, -0.05) is 31.4 Å². The lowest BCUT2D eigenvalue weighted by Gasteiger charge is -2.19. The molecule has 0 spiro atoms. The van der Waals surface area contributed by atoms with E-state index >= 15 is 0 Å². The fourth-order valence-electron chi connectivity index (χ4n) is 2.35. The van der Waals surface area contributed by atoms with Gasteiger partial charge in [0.05, 0.1) is 10.9 Å². The number of amides is 1. The monoisotopic (exact) mass is 316 g/mol. The second-order valence-corrected chi connectivity index (χ2v) is 7.03. The number of carbonyl (C=O) groups is 1. The number of carbonyl (C=O) groups excluding carboxylic acids is 1. The summed E-state index contributed by atoms with van der Waals surface area (Å²) in [6, 6.07) is 3.85. The summed E-state index contributed by atoms with van der Waals surface area (Å²) in [6.07, 6.45) is 4.89. The standard InChI is InChI=1S/C15H25ClN2OS/c1-3-4-12(9-10-17)5-8-15(19)18(2)11-13-6-7-14(16)20-13/h6-7,12H,3-5,8-11,17H2,1-2H3. The summed E-state index contributed by atoms with van der Waals surface area (Å²) in [5.41, 5.74) is 5.62. The molecule has 20 heavy (non-hydrogen) atoms. The number of hydrogen-bond donors (Lipinski definition) is 1. The quantitative estimate of drug-likeness (QED) is 0.751. The van der Waals surface area contributed by atoms with Crippen molar-refractivity contribution in [3.05, 3.63) is 21.3 Å². The smallest absolute Gasteiger partial charge is 0.222 e. The Morgan fingerprint density at radius 2 is 2.15 bits per heavy atom. The van der Waals surface area contributed by atoms with E-state index < -0.39 is 0 Å². The SMILES string of the molecule is CCCC(CCN)CCC(=O)N(C)Cc1ccc(Cl)s1. The van der Waals surface area contributed by atoms with E-state index in [0.29, 0.717) is 25.4 Å². The first-order valence-corrected chi connectivity index (χ1v) is 8.44. The van der Waals surface area contributed by atoms with Crippen LogP contribution in [0.3, 0.4) is 0 Å². The molecule has 1 unspecified atom stereocenters. The molecule has 5 heteroatoms. The Labute approximate surface area is 131 Å². The Bertz CT molecular complexity index is 402. The summed E-state index contributed by atoms with van der Waals surface area (Å²) < 4.78 is 0.770. The molecule has 0 fully saturated rings. The van der Waals surface area contributed by atoms with E-state index in [1.807, 2.05) is 19.2 Å². The number of rotatable bonds is 9. The van der Waals surface area contributed by atoms with Crippen LogP contribution in [-0.4, -0.2) is 24.4 Å². The lowest BCUT2D eigenvalue weighted by atomic mass is 9.94. The fourth-order valence-corrected chi connectivity index (χ4v) is 3.50. The first-order chi connectivity index (χ1) is 9.56. The molecule has 1 aromatic rings. The van der Waals surface area contributed by atoms with Crippen LogP contribution in [0.1, 0.15) is 43.9 Å². The molecule has 1 atom stereocenters. The van der Waals surface area contributed by atoms with Crippen molar-refractivity contribution in [3.8, 4) is 0 Å². The van der Waals surface area contributed by atoms with Crippen molar-refractivity contribution >= 4 is 28.8 Å². The van der Waals surface area contributed by atoms with Crippen LogP contribution in [0.2, 0.25) is 4.34 Å². The number of hydrogen-bond acceptors (Lipinski definition) is 3. The van der Waals surface area contributed by atoms with Crippen molar-refractivity contribution < 1.29 is 4.79 Å². The molecule has 1 aromatic heterocycles. The molecule has 1 rings (SSSR count). The fraction of sp³-hybridized carbons (Fsp3) is 0.667. The largest absolute Gasteiger partial charge is 0.341 e. The molecule has 2 N–H and O–H groups in total. The maximum atomic E-state index is 12.1. The zero-order valence-corrected chi connectivity index (χ0v) is 14.0. The Balaban J connectivity index is 2.36. The topological polar surface area (TPSA) is 46.3 Å². The number of nitrogens with zero attached hydrogens (tertiary/aromatic N) is 1. The van der Waals surface area contributed by atoms with Gasteiger partial charge in [-0.05, 0) is 37.4 Å². The summed E-state index contributed by atoms with van der Waals surface area (Å²) in [5.74, 6) is 0.783. The predicted octanol–water partition coefficient (Wildman–Crippen LogP) is 3.91. The van der Waals surface area contributed by atoms with Crippen molar-refractivity contribution in [3.63, 3.8) is 0 Å². The van der Waals surface area contributed by atoms with Gasteiger partial charge in [-0.15, -0.1) is 11.3 Å². The van der Waals surface area contributed by atoms with Crippen LogP contribution in [0.15, 0.2) is 12.1 Å². The highest BCUT2D eigenvalue weighted by molar-refractivity contribution is 7.16. The van der Waals surface area contributed by atoms with Crippen LogP contribution >= 0.6 is 22.9 Å². The van der Waals surface area contributed by atoms with Gasteiger partial charge >= 0.3 is 0 Å². The molecular weight excluding hydrogens is 292 g/mol. The minimum absolute atomic E-state index is 0.202. The lowest BCUT2D eigenvalue weighted by molar-refractivity contribution is -0.130. The van der Waals surface area contributed by atoms with Crippen molar-refractivity contribution in [1.29, 1.82) is 0 Å². The maximum Gasteiger partial charge on any atom is 0.222 e. The van der Waals surface area contributed by atoms with Gasteiger partial charge in [0.1, 0.15) is 0 Å². The molecule has 3 nitrogen and oxygen atoms in total. The van der Waals surface area contributed by atoms with Crippen LogP contribution in [0.25, 0.3) is 0 Å². The van der Waals surface area contributed by atoms with Gasteiger partial charge in [0, 0.05) is 18.3 Å². The second-order valence-electron chi connectivity index (χ2n) is 5.23. The second kappa shape index (κ2) is 9.37. The summed E-state index contributed by atoms with van der Waals surface area (Å²) in [7, 11) is 1.85. The summed E-state index contributed by atoms with van der Waals surface area (Å²) >= 11 is 7.43. The van der Waals surface area contributed by atoms with E-state index in [1.54, 1.807) is 4.90 Å². The molecule has 0 radical (unpaired) electrons. The zero-order valence-electron chi connectivity index (χ0n) is 12.4. The molecule has 1 amide bonds. The average molecular weight is 317 g/mol. The molecule has 0 aromatic carbocycles. The molecule has 114 valence electrons. The highest BCUT2D eigenvalue weighted by Gasteiger charge is 2.14. The van der Waals surface area contributed by atoms with Gasteiger partial charge in [-0.25, -0.2) is 0 Å². The normalized spacial score (nSPS) is 12.4. The van der Waals surface area contributed by atoms with Crippen LogP contribution in [0, 0.1) is 5.92 Å². The van der Waals surface area contributed by atoms with Gasteiger partial charge in [0.25, 0.3) is 0 Å². The highest BCUT2D eigenvalue weighted by atomic mass is 35.5. The first-order valence-electron chi connectivity index (χ1n) is 7.25. The molecule has 0 saturated heterocycles. The van der Waals surface area contributed by atoms with Crippen molar-refractivity contribution in [1.82, 2.24) is 4.90 Å². The number of thiophene rings is 1. The summed E-state index contributed by atoms with van der Waals surface area (Å²) in [4.78, 5) is 15.0. The summed E-state index contributed by atoms with van der Waals surface area (Å²) in [6.45, 7) is 3.53. The van der Waals surface area contributed by atoms with E-state index in [4.69, 9.17) is 17.3 Å². The molecule has 0 bridgehead atoms. The van der Waals surface area contributed by atoms with Gasteiger partial charge in [-0.3, -0.25) is 4.79 Å². The molecule has 0 saturated carbocycles. The van der Waals surface area contributed by atoms with E-state index in [1.165, 1.54) is 11.3 Å². The minimum Gasteiger partial charge on any atom is -0.341 e. The van der Waals surface area contributed by atoms with Crippen molar-refractivity contribution in [2.75, 3.05) is 13.6 Å². The highest BCUT2D eigenvalue weighted by Crippen LogP contribution is 2.23. The Morgan fingerprint density at radius 1 is 1.40 bits per heavy atom. The maximum absolute atomic E-state index is 12.1. The number of nitrogens with two attached hydrogens (primary N) is 1. The molecular formula is C15H25ClN2OS. The van der Waals surface area contributed by atoms with Gasteiger partial charge in [0.15, 0.2) is 0 Å². The third kappa shape index (κ3) is 6.25. The van der Waals surface area contributed by atoms with Crippen LogP contribution in [0.4, 0.5) is 0 Å². The third-order valence-electron chi connectivity index (χ3n) is 3.49. The van der Waals surface area contributed by atoms with Gasteiger partial charge in [0.2, 0.25) is 5.91 Å².